The van der Waals surface area contributed by atoms with Crippen molar-refractivity contribution in [3.8, 4) is 0 Å². The largest absolute Gasteiger partial charge is 0.292 e. The molecule has 0 bridgehead atoms. The molecule has 7 heteroatoms. The van der Waals surface area contributed by atoms with E-state index in [1.54, 1.807) is 6.07 Å². The zero-order valence-corrected chi connectivity index (χ0v) is 15.6. The normalized spacial score (nSPS) is 18.4. The first-order valence-corrected chi connectivity index (χ1v) is 9.87. The zero-order valence-electron chi connectivity index (χ0n) is 14.1. The molecule has 0 saturated carbocycles. The summed E-state index contributed by atoms with van der Waals surface area (Å²) in [5.74, 6) is -0.161. The van der Waals surface area contributed by atoms with Crippen LogP contribution in [0, 0.1) is 13.8 Å². The third-order valence-electron chi connectivity index (χ3n) is 4.60. The monoisotopic (exact) mass is 378 g/mol. The van der Waals surface area contributed by atoms with Crippen LogP contribution in [0.15, 0.2) is 41.4 Å². The van der Waals surface area contributed by atoms with E-state index < -0.39 is 16.1 Å². The predicted octanol–water partition coefficient (Wildman–Crippen LogP) is 3.39. The number of ketones is 1. The van der Waals surface area contributed by atoms with Crippen LogP contribution in [0.4, 0.5) is 0 Å². The van der Waals surface area contributed by atoms with Crippen LogP contribution in [0.2, 0.25) is 5.15 Å². The first kappa shape index (κ1) is 18.0. The Morgan fingerprint density at radius 1 is 1.20 bits per heavy atom. The smallest absolute Gasteiger partial charge is 0.245 e. The zero-order chi connectivity index (χ0) is 18.2. The third-order valence-corrected chi connectivity index (χ3v) is 6.72. The van der Waals surface area contributed by atoms with Crippen LogP contribution < -0.4 is 0 Å². The second kappa shape index (κ2) is 6.86. The van der Waals surface area contributed by atoms with Crippen molar-refractivity contribution in [2.45, 2.75) is 37.6 Å². The Balaban J connectivity index is 1.93. The van der Waals surface area contributed by atoms with E-state index in [9.17, 15) is 13.2 Å². The summed E-state index contributed by atoms with van der Waals surface area (Å²) in [6.45, 7) is 4.24. The highest BCUT2D eigenvalue weighted by Crippen LogP contribution is 2.28. The van der Waals surface area contributed by atoms with Gasteiger partial charge in [0.25, 0.3) is 0 Å². The van der Waals surface area contributed by atoms with E-state index in [1.165, 1.54) is 22.6 Å². The summed E-state index contributed by atoms with van der Waals surface area (Å²) in [6, 6.07) is 7.65. The fourth-order valence-corrected chi connectivity index (χ4v) is 4.74. The summed E-state index contributed by atoms with van der Waals surface area (Å²) >= 11 is 5.73. The van der Waals surface area contributed by atoms with Crippen molar-refractivity contribution in [2.24, 2.45) is 0 Å². The highest BCUT2D eigenvalue weighted by atomic mass is 35.5. The summed E-state index contributed by atoms with van der Waals surface area (Å²) < 4.78 is 27.1. The molecule has 1 saturated heterocycles. The van der Waals surface area contributed by atoms with E-state index in [2.05, 4.69) is 4.98 Å². The van der Waals surface area contributed by atoms with Crippen molar-refractivity contribution in [1.29, 1.82) is 0 Å². The molecule has 1 atom stereocenters. The van der Waals surface area contributed by atoms with Crippen LogP contribution in [-0.2, 0) is 10.0 Å². The maximum atomic E-state index is 12.9. The molecule has 2 aromatic rings. The van der Waals surface area contributed by atoms with Crippen LogP contribution in [0.5, 0.6) is 0 Å². The molecule has 1 unspecified atom stereocenters. The van der Waals surface area contributed by atoms with Crippen molar-refractivity contribution < 1.29 is 13.2 Å². The lowest BCUT2D eigenvalue weighted by atomic mass is 9.99. The van der Waals surface area contributed by atoms with Crippen LogP contribution in [0.1, 0.15) is 34.3 Å². The molecule has 0 aliphatic carbocycles. The van der Waals surface area contributed by atoms with Crippen LogP contribution in [0.25, 0.3) is 0 Å². The molecule has 3 rings (SSSR count). The number of sulfonamides is 1. The van der Waals surface area contributed by atoms with E-state index in [0.717, 1.165) is 11.1 Å². The number of carbonyl (C=O) groups excluding carboxylic acids is 1. The van der Waals surface area contributed by atoms with E-state index in [4.69, 9.17) is 11.6 Å². The minimum absolute atomic E-state index is 0.0525. The summed E-state index contributed by atoms with van der Waals surface area (Å²) in [5.41, 5.74) is 2.66. The average molecular weight is 379 g/mol. The van der Waals surface area contributed by atoms with Gasteiger partial charge in [-0.05, 0) is 56.0 Å². The maximum Gasteiger partial charge on any atom is 0.245 e. The van der Waals surface area contributed by atoms with Gasteiger partial charge in [0.05, 0.1) is 6.04 Å². The molecule has 1 aliphatic heterocycles. The number of nitrogens with zero attached hydrogens (tertiary/aromatic N) is 2. The highest BCUT2D eigenvalue weighted by Gasteiger charge is 2.39. The minimum Gasteiger partial charge on any atom is -0.292 e. The predicted molar refractivity (Wildman–Crippen MR) is 96.4 cm³/mol. The number of halogens is 1. The Bertz CT molecular complexity index is 910. The number of pyridine rings is 1. The van der Waals surface area contributed by atoms with Crippen molar-refractivity contribution in [3.05, 3.63) is 58.4 Å². The molecule has 2 heterocycles. The molecule has 1 aliphatic rings. The molecule has 0 spiro atoms. The van der Waals surface area contributed by atoms with Gasteiger partial charge in [0.1, 0.15) is 10.0 Å². The molecule has 25 heavy (non-hydrogen) atoms. The number of carbonyl (C=O) groups is 1. The molecule has 1 aromatic heterocycles. The molecule has 132 valence electrons. The SMILES string of the molecule is Cc1ccc(C(=O)C2CCCN2S(=O)(=O)c2ccc(Cl)nc2)cc1C. The molecule has 0 radical (unpaired) electrons. The first-order valence-electron chi connectivity index (χ1n) is 8.05. The highest BCUT2D eigenvalue weighted by molar-refractivity contribution is 7.89. The van der Waals surface area contributed by atoms with Gasteiger partial charge < -0.3 is 0 Å². The first-order chi connectivity index (χ1) is 11.8. The van der Waals surface area contributed by atoms with Crippen LogP contribution >= 0.6 is 11.6 Å². The molecular formula is C18H19ClN2O3S. The second-order valence-electron chi connectivity index (χ2n) is 6.25. The molecule has 1 aromatic carbocycles. The standard InChI is InChI=1S/C18H19ClN2O3S/c1-12-5-6-14(10-13(12)2)18(22)16-4-3-9-21(16)25(23,24)15-7-8-17(19)20-11-15/h5-8,10-11,16H,3-4,9H2,1-2H3. The maximum absolute atomic E-state index is 12.9. The van der Waals surface area contributed by atoms with Gasteiger partial charge >= 0.3 is 0 Å². The Hall–Kier alpha value is -1.76. The lowest BCUT2D eigenvalue weighted by Crippen LogP contribution is -2.40. The fraction of sp³-hybridized carbons (Fsp3) is 0.333. The van der Waals surface area contributed by atoms with Gasteiger partial charge in [0.15, 0.2) is 5.78 Å². The van der Waals surface area contributed by atoms with E-state index in [0.29, 0.717) is 24.9 Å². The second-order valence-corrected chi connectivity index (χ2v) is 8.53. The molecule has 0 N–H and O–H groups in total. The Morgan fingerprint density at radius 2 is 1.96 bits per heavy atom. The third kappa shape index (κ3) is 3.47. The number of aromatic nitrogens is 1. The number of benzene rings is 1. The van der Waals surface area contributed by atoms with Crippen molar-refractivity contribution >= 4 is 27.4 Å². The van der Waals surface area contributed by atoms with Crippen molar-refractivity contribution in [1.82, 2.24) is 9.29 Å². The average Bonchev–Trinajstić information content (AvgIpc) is 3.07. The minimum atomic E-state index is -3.78. The molecule has 1 fully saturated rings. The summed E-state index contributed by atoms with van der Waals surface area (Å²) in [6.07, 6.45) is 2.40. The summed E-state index contributed by atoms with van der Waals surface area (Å²) in [4.78, 5) is 16.8. The number of hydrogen-bond acceptors (Lipinski definition) is 4. The summed E-state index contributed by atoms with van der Waals surface area (Å²) in [5, 5.41) is 0.225. The van der Waals surface area contributed by atoms with E-state index in [1.807, 2.05) is 26.0 Å². The summed E-state index contributed by atoms with van der Waals surface area (Å²) in [7, 11) is -3.78. The Labute approximate surface area is 152 Å². The van der Waals surface area contributed by atoms with Gasteiger partial charge in [-0.1, -0.05) is 23.7 Å². The van der Waals surface area contributed by atoms with Crippen LogP contribution in [-0.4, -0.2) is 36.1 Å². The van der Waals surface area contributed by atoms with Gasteiger partial charge in [-0.2, -0.15) is 4.31 Å². The lowest BCUT2D eigenvalue weighted by Gasteiger charge is -2.23. The van der Waals surface area contributed by atoms with Crippen LogP contribution in [0.3, 0.4) is 0 Å². The van der Waals surface area contributed by atoms with E-state index >= 15 is 0 Å². The number of Topliss-reactive ketones (excluding diaryl/α,β-unsaturated/α-hetero) is 1. The number of aryl methyl sites for hydroxylation is 2. The molecular weight excluding hydrogens is 360 g/mol. The Morgan fingerprint density at radius 3 is 2.60 bits per heavy atom. The van der Waals surface area contributed by atoms with Gasteiger partial charge in [0, 0.05) is 18.3 Å². The molecule has 0 amide bonds. The topological polar surface area (TPSA) is 67.3 Å². The quantitative estimate of drug-likeness (QED) is 0.604. The van der Waals surface area contributed by atoms with Crippen molar-refractivity contribution in [2.75, 3.05) is 6.54 Å². The van der Waals surface area contributed by atoms with Gasteiger partial charge in [0.2, 0.25) is 10.0 Å². The van der Waals surface area contributed by atoms with Gasteiger partial charge in [-0.15, -0.1) is 0 Å². The lowest BCUT2D eigenvalue weighted by molar-refractivity contribution is 0.0918. The number of rotatable bonds is 4. The van der Waals surface area contributed by atoms with Gasteiger partial charge in [-0.25, -0.2) is 13.4 Å². The van der Waals surface area contributed by atoms with Gasteiger partial charge in [-0.3, -0.25) is 4.79 Å². The Kier molecular flexibility index (Phi) is 4.95. The van der Waals surface area contributed by atoms with Crippen molar-refractivity contribution in [3.63, 3.8) is 0 Å². The molecule has 5 nitrogen and oxygen atoms in total. The van der Waals surface area contributed by atoms with E-state index in [-0.39, 0.29) is 15.8 Å². The fourth-order valence-electron chi connectivity index (χ4n) is 3.03. The number of hydrogen-bond donors (Lipinski definition) is 0.